The molecule has 0 saturated heterocycles. The Morgan fingerprint density at radius 1 is 0.875 bits per heavy atom. The number of halogens is 2. The Balaban J connectivity index is 2.71. The molecular formula is C10H10Br2S4. The number of alkyl halides is 2. The molecule has 0 aliphatic rings. The van der Waals surface area contributed by atoms with Crippen molar-refractivity contribution >= 4 is 87.5 Å². The smallest absolute Gasteiger partial charge is 0.0604 e. The summed E-state index contributed by atoms with van der Waals surface area (Å²) in [6.45, 7) is 0. The first kappa shape index (κ1) is 13.7. The molecule has 0 saturated carbocycles. The highest BCUT2D eigenvalue weighted by molar-refractivity contribution is 9.08. The average molecular weight is 418 g/mol. The van der Waals surface area contributed by atoms with E-state index < -0.39 is 0 Å². The van der Waals surface area contributed by atoms with Gasteiger partial charge in [-0.15, -0.1) is 46.2 Å². The van der Waals surface area contributed by atoms with Crippen molar-refractivity contribution in [3.05, 3.63) is 9.75 Å². The molecule has 6 heteroatoms. The monoisotopic (exact) mass is 416 g/mol. The Morgan fingerprint density at radius 3 is 1.50 bits per heavy atom. The van der Waals surface area contributed by atoms with Crippen molar-refractivity contribution in [1.82, 2.24) is 0 Å². The molecule has 0 aromatic carbocycles. The summed E-state index contributed by atoms with van der Waals surface area (Å²) in [4.78, 5) is 5.85. The van der Waals surface area contributed by atoms with Gasteiger partial charge in [0, 0.05) is 30.2 Å². The lowest BCUT2D eigenvalue weighted by Gasteiger charge is -1.96. The predicted molar refractivity (Wildman–Crippen MR) is 88.5 cm³/mol. The van der Waals surface area contributed by atoms with Crippen molar-refractivity contribution in [2.45, 2.75) is 20.5 Å². The maximum atomic E-state index is 3.58. The zero-order valence-corrected chi connectivity index (χ0v) is 15.2. The van der Waals surface area contributed by atoms with Crippen molar-refractivity contribution in [1.29, 1.82) is 0 Å². The summed E-state index contributed by atoms with van der Waals surface area (Å²) < 4.78 is 2.96. The highest BCUT2D eigenvalue weighted by atomic mass is 79.9. The summed E-state index contributed by atoms with van der Waals surface area (Å²) in [5, 5.41) is 1.93. The SMILES string of the molecule is CSc1c(CBr)sc2c(SC)c(CBr)sc12. The van der Waals surface area contributed by atoms with Crippen LogP contribution in [0.4, 0.5) is 0 Å². The standard InChI is InChI=1S/C10H10Br2S4/c1-13-7-5(3-11)15-10-8(14-2)6(4-12)16-9(7)10/h3-4H2,1-2H3. The molecule has 88 valence electrons. The van der Waals surface area contributed by atoms with Gasteiger partial charge in [0.05, 0.1) is 9.40 Å². The van der Waals surface area contributed by atoms with Gasteiger partial charge in [-0.25, -0.2) is 0 Å². The average Bonchev–Trinajstić information content (AvgIpc) is 2.82. The zero-order valence-electron chi connectivity index (χ0n) is 8.80. The second-order valence-electron chi connectivity index (χ2n) is 3.04. The molecular weight excluding hydrogens is 408 g/mol. The molecule has 0 amide bonds. The zero-order chi connectivity index (χ0) is 11.7. The van der Waals surface area contributed by atoms with Gasteiger partial charge in [-0.05, 0) is 12.5 Å². The van der Waals surface area contributed by atoms with E-state index >= 15 is 0 Å². The first-order valence-electron chi connectivity index (χ1n) is 4.53. The summed E-state index contributed by atoms with van der Waals surface area (Å²) in [7, 11) is 0. The van der Waals surface area contributed by atoms with Crippen LogP contribution in [-0.2, 0) is 10.7 Å². The van der Waals surface area contributed by atoms with Crippen LogP contribution in [0.3, 0.4) is 0 Å². The minimum absolute atomic E-state index is 0.965. The molecule has 0 bridgehead atoms. The Bertz CT molecular complexity index is 454. The van der Waals surface area contributed by atoms with Gasteiger partial charge >= 0.3 is 0 Å². The highest BCUT2D eigenvalue weighted by Gasteiger charge is 2.18. The number of hydrogen-bond acceptors (Lipinski definition) is 4. The van der Waals surface area contributed by atoms with Crippen molar-refractivity contribution in [3.8, 4) is 0 Å². The fraction of sp³-hybridized carbons (Fsp3) is 0.400. The van der Waals surface area contributed by atoms with Crippen LogP contribution in [0.1, 0.15) is 9.75 Å². The van der Waals surface area contributed by atoms with E-state index in [4.69, 9.17) is 0 Å². The maximum absolute atomic E-state index is 3.58. The minimum atomic E-state index is 0.965. The molecule has 0 unspecified atom stereocenters. The third-order valence-corrected chi connectivity index (χ3v) is 8.87. The van der Waals surface area contributed by atoms with E-state index in [9.17, 15) is 0 Å². The molecule has 0 aliphatic heterocycles. The molecule has 0 fully saturated rings. The molecule has 16 heavy (non-hydrogen) atoms. The van der Waals surface area contributed by atoms with E-state index in [2.05, 4.69) is 44.4 Å². The lowest BCUT2D eigenvalue weighted by atomic mass is 10.4. The fourth-order valence-electron chi connectivity index (χ4n) is 1.57. The largest absolute Gasteiger partial charge is 0.136 e. The molecule has 2 aromatic heterocycles. The molecule has 0 spiro atoms. The summed E-state index contributed by atoms with van der Waals surface area (Å²) in [6, 6.07) is 0. The minimum Gasteiger partial charge on any atom is -0.136 e. The molecule has 0 radical (unpaired) electrons. The van der Waals surface area contributed by atoms with Gasteiger partial charge in [0.1, 0.15) is 0 Å². The second kappa shape index (κ2) is 5.97. The van der Waals surface area contributed by atoms with Crippen LogP contribution in [0.2, 0.25) is 0 Å². The van der Waals surface area contributed by atoms with E-state index in [1.165, 1.54) is 28.9 Å². The molecule has 2 rings (SSSR count). The highest BCUT2D eigenvalue weighted by Crippen LogP contribution is 2.48. The first-order chi connectivity index (χ1) is 7.76. The molecule has 2 aromatic rings. The van der Waals surface area contributed by atoms with E-state index in [0.29, 0.717) is 0 Å². The number of thiophene rings is 2. The number of thioether (sulfide) groups is 2. The van der Waals surface area contributed by atoms with Gasteiger partial charge in [0.15, 0.2) is 0 Å². The normalized spacial score (nSPS) is 11.5. The lowest BCUT2D eigenvalue weighted by Crippen LogP contribution is -1.72. The van der Waals surface area contributed by atoms with Crippen LogP contribution in [0.15, 0.2) is 9.79 Å². The molecule has 0 nitrogen and oxygen atoms in total. The van der Waals surface area contributed by atoms with Gasteiger partial charge in [-0.2, -0.15) is 0 Å². The molecule has 0 N–H and O–H groups in total. The van der Waals surface area contributed by atoms with Gasteiger partial charge in [0.2, 0.25) is 0 Å². The summed E-state index contributed by atoms with van der Waals surface area (Å²) in [5.41, 5.74) is 0. The van der Waals surface area contributed by atoms with Crippen LogP contribution >= 0.6 is 78.1 Å². The topological polar surface area (TPSA) is 0 Å². The Kier molecular flexibility index (Phi) is 5.13. The first-order valence-corrected chi connectivity index (χ1v) is 10.9. The van der Waals surface area contributed by atoms with Crippen LogP contribution in [0, 0.1) is 0 Å². The van der Waals surface area contributed by atoms with Crippen LogP contribution in [-0.4, -0.2) is 12.5 Å². The Labute approximate surface area is 129 Å². The van der Waals surface area contributed by atoms with E-state index in [0.717, 1.165) is 10.7 Å². The summed E-state index contributed by atoms with van der Waals surface area (Å²) in [6.07, 6.45) is 4.33. The van der Waals surface area contributed by atoms with Crippen molar-refractivity contribution in [2.75, 3.05) is 12.5 Å². The predicted octanol–water partition coefficient (Wildman–Crippen LogP) is 6.20. The lowest BCUT2D eigenvalue weighted by molar-refractivity contribution is 1.45. The summed E-state index contributed by atoms with van der Waals surface area (Å²) in [5.74, 6) is 0. The van der Waals surface area contributed by atoms with Crippen LogP contribution in [0.5, 0.6) is 0 Å². The van der Waals surface area contributed by atoms with Gasteiger partial charge < -0.3 is 0 Å². The van der Waals surface area contributed by atoms with E-state index in [1.54, 1.807) is 0 Å². The molecule has 2 heterocycles. The van der Waals surface area contributed by atoms with Crippen molar-refractivity contribution < 1.29 is 0 Å². The third-order valence-electron chi connectivity index (χ3n) is 2.23. The van der Waals surface area contributed by atoms with Crippen LogP contribution < -0.4 is 0 Å². The van der Waals surface area contributed by atoms with Crippen molar-refractivity contribution in [3.63, 3.8) is 0 Å². The number of fused-ring (bicyclic) bond motifs is 1. The van der Waals surface area contributed by atoms with Gasteiger partial charge in [0.25, 0.3) is 0 Å². The Hall–Kier alpha value is 1.32. The summed E-state index contributed by atoms with van der Waals surface area (Å²) >= 11 is 14.8. The maximum Gasteiger partial charge on any atom is 0.0604 e. The Morgan fingerprint density at radius 2 is 1.25 bits per heavy atom. The van der Waals surface area contributed by atoms with Crippen LogP contribution in [0.25, 0.3) is 9.40 Å². The third kappa shape index (κ3) is 2.26. The number of hydrogen-bond donors (Lipinski definition) is 0. The van der Waals surface area contributed by atoms with E-state index in [-0.39, 0.29) is 0 Å². The van der Waals surface area contributed by atoms with Crippen molar-refractivity contribution in [2.24, 2.45) is 0 Å². The second-order valence-corrected chi connectivity index (χ2v) is 8.01. The number of rotatable bonds is 4. The molecule has 0 atom stereocenters. The molecule has 0 aliphatic carbocycles. The van der Waals surface area contributed by atoms with Gasteiger partial charge in [-0.3, -0.25) is 0 Å². The quantitative estimate of drug-likeness (QED) is 0.429. The fourth-order valence-corrected chi connectivity index (χ4v) is 8.19. The van der Waals surface area contributed by atoms with Gasteiger partial charge in [-0.1, -0.05) is 31.9 Å². The van der Waals surface area contributed by atoms with E-state index in [1.807, 2.05) is 46.2 Å².